The Bertz CT molecular complexity index is 586. The fraction of sp³-hybridized carbons (Fsp3) is 0.538. The molecule has 1 N–H and O–H groups in total. The van der Waals surface area contributed by atoms with E-state index >= 15 is 0 Å². The number of hydrogen-bond acceptors (Lipinski definition) is 4. The predicted molar refractivity (Wildman–Crippen MR) is 73.7 cm³/mol. The Morgan fingerprint density at radius 3 is 2.95 bits per heavy atom. The Morgan fingerprint density at radius 2 is 2.32 bits per heavy atom. The van der Waals surface area contributed by atoms with Gasteiger partial charge in [0, 0.05) is 30.8 Å². The summed E-state index contributed by atoms with van der Waals surface area (Å²) in [7, 11) is 1.67. The Morgan fingerprint density at radius 1 is 1.58 bits per heavy atom. The standard InChI is InChI=1S/C13H18N2O3S/c1-13(2,18-3)10-7-15-9(5-4-6-11(16)17)8-19-12(15)14-10/h7-8H,4-6H2,1-3H3,(H,16,17). The van der Waals surface area contributed by atoms with Crippen LogP contribution in [0.4, 0.5) is 0 Å². The number of fused-ring (bicyclic) bond motifs is 1. The van der Waals surface area contributed by atoms with Gasteiger partial charge in [0.15, 0.2) is 4.96 Å². The van der Waals surface area contributed by atoms with Crippen molar-refractivity contribution in [2.45, 2.75) is 38.7 Å². The minimum Gasteiger partial charge on any atom is -0.481 e. The number of aromatic nitrogens is 2. The highest BCUT2D eigenvalue weighted by atomic mass is 32.1. The lowest BCUT2D eigenvalue weighted by atomic mass is 10.1. The van der Waals surface area contributed by atoms with Crippen molar-refractivity contribution < 1.29 is 14.6 Å². The van der Waals surface area contributed by atoms with Crippen LogP contribution in [0.2, 0.25) is 0 Å². The summed E-state index contributed by atoms with van der Waals surface area (Å²) in [5, 5.41) is 10.7. The van der Waals surface area contributed by atoms with Crippen LogP contribution < -0.4 is 0 Å². The van der Waals surface area contributed by atoms with Crippen molar-refractivity contribution in [3.05, 3.63) is 23.0 Å². The molecule has 2 aromatic rings. The van der Waals surface area contributed by atoms with Gasteiger partial charge < -0.3 is 9.84 Å². The van der Waals surface area contributed by atoms with Crippen molar-refractivity contribution in [1.82, 2.24) is 9.38 Å². The molecule has 6 heteroatoms. The first kappa shape index (κ1) is 14.0. The monoisotopic (exact) mass is 282 g/mol. The molecular weight excluding hydrogens is 264 g/mol. The van der Waals surface area contributed by atoms with Gasteiger partial charge in [0.2, 0.25) is 0 Å². The average Bonchev–Trinajstić information content (AvgIpc) is 2.90. The Labute approximate surface area is 115 Å². The fourth-order valence-corrected chi connectivity index (χ4v) is 2.73. The SMILES string of the molecule is COC(C)(C)c1cn2c(CCCC(=O)O)csc2n1. The van der Waals surface area contributed by atoms with E-state index in [2.05, 4.69) is 4.98 Å². The molecule has 104 valence electrons. The van der Waals surface area contributed by atoms with E-state index in [0.29, 0.717) is 6.42 Å². The Balaban J connectivity index is 2.20. The summed E-state index contributed by atoms with van der Waals surface area (Å²) in [6.45, 7) is 3.95. The average molecular weight is 282 g/mol. The predicted octanol–water partition coefficient (Wildman–Crippen LogP) is 2.68. The number of rotatable bonds is 6. The van der Waals surface area contributed by atoms with Gasteiger partial charge in [0.25, 0.3) is 0 Å². The molecule has 0 amide bonds. The third kappa shape index (κ3) is 2.96. The second kappa shape index (κ2) is 5.30. The van der Waals surface area contributed by atoms with Crippen LogP contribution in [0.5, 0.6) is 0 Å². The van der Waals surface area contributed by atoms with Crippen LogP contribution in [0.1, 0.15) is 38.1 Å². The van der Waals surface area contributed by atoms with E-state index < -0.39 is 11.6 Å². The van der Waals surface area contributed by atoms with Gasteiger partial charge in [0.05, 0.1) is 5.69 Å². The molecule has 0 saturated carbocycles. The van der Waals surface area contributed by atoms with Crippen LogP contribution in [0.3, 0.4) is 0 Å². The number of thiazole rings is 1. The number of nitrogens with zero attached hydrogens (tertiary/aromatic N) is 2. The molecule has 0 radical (unpaired) electrons. The zero-order valence-electron chi connectivity index (χ0n) is 11.3. The first-order valence-corrected chi connectivity index (χ1v) is 7.05. The normalized spacial score (nSPS) is 12.2. The fourth-order valence-electron chi connectivity index (χ4n) is 1.82. The van der Waals surface area contributed by atoms with Crippen LogP contribution in [0.15, 0.2) is 11.6 Å². The summed E-state index contributed by atoms with van der Waals surface area (Å²) in [4.78, 5) is 16.0. The van der Waals surface area contributed by atoms with Crippen molar-refractivity contribution in [3.8, 4) is 0 Å². The topological polar surface area (TPSA) is 63.8 Å². The summed E-state index contributed by atoms with van der Waals surface area (Å²) < 4.78 is 7.46. The summed E-state index contributed by atoms with van der Waals surface area (Å²) >= 11 is 1.57. The molecule has 0 unspecified atom stereocenters. The maximum absolute atomic E-state index is 10.5. The number of aryl methyl sites for hydroxylation is 1. The molecule has 2 heterocycles. The van der Waals surface area contributed by atoms with Crippen molar-refractivity contribution in [2.75, 3.05) is 7.11 Å². The highest BCUT2D eigenvalue weighted by Crippen LogP contribution is 2.26. The van der Waals surface area contributed by atoms with Gasteiger partial charge in [-0.05, 0) is 26.7 Å². The summed E-state index contributed by atoms with van der Waals surface area (Å²) in [6.07, 6.45) is 3.56. The number of imidazole rings is 1. The van der Waals surface area contributed by atoms with Crippen molar-refractivity contribution in [1.29, 1.82) is 0 Å². The lowest BCUT2D eigenvalue weighted by molar-refractivity contribution is -0.137. The number of carboxylic acid groups (broad SMARTS) is 1. The van der Waals surface area contributed by atoms with E-state index in [-0.39, 0.29) is 6.42 Å². The van der Waals surface area contributed by atoms with Gasteiger partial charge in [-0.1, -0.05) is 0 Å². The minimum absolute atomic E-state index is 0.197. The van der Waals surface area contributed by atoms with Crippen LogP contribution in [0, 0.1) is 0 Å². The minimum atomic E-state index is -0.752. The summed E-state index contributed by atoms with van der Waals surface area (Å²) in [5.74, 6) is -0.752. The third-order valence-electron chi connectivity index (χ3n) is 3.23. The highest BCUT2D eigenvalue weighted by Gasteiger charge is 2.24. The zero-order valence-corrected chi connectivity index (χ0v) is 12.2. The van der Waals surface area contributed by atoms with Crippen molar-refractivity contribution in [2.24, 2.45) is 0 Å². The van der Waals surface area contributed by atoms with E-state index in [1.54, 1.807) is 18.4 Å². The summed E-state index contributed by atoms with van der Waals surface area (Å²) in [5.41, 5.74) is 1.58. The van der Waals surface area contributed by atoms with Crippen LogP contribution >= 0.6 is 11.3 Å². The number of carbonyl (C=O) groups is 1. The number of aliphatic carboxylic acids is 1. The van der Waals surface area contributed by atoms with E-state index in [1.807, 2.05) is 29.8 Å². The molecule has 0 aromatic carbocycles. The second-order valence-electron chi connectivity index (χ2n) is 4.97. The van der Waals surface area contributed by atoms with Gasteiger partial charge in [-0.15, -0.1) is 11.3 Å². The van der Waals surface area contributed by atoms with Crippen molar-refractivity contribution >= 4 is 22.3 Å². The molecule has 0 aliphatic rings. The van der Waals surface area contributed by atoms with Crippen LogP contribution in [0.25, 0.3) is 4.96 Å². The molecule has 2 aromatic heterocycles. The third-order valence-corrected chi connectivity index (χ3v) is 4.12. The van der Waals surface area contributed by atoms with Gasteiger partial charge in [-0.25, -0.2) is 4.98 Å². The first-order chi connectivity index (χ1) is 8.94. The zero-order chi connectivity index (χ0) is 14.0. The molecule has 0 bridgehead atoms. The molecule has 2 rings (SSSR count). The first-order valence-electron chi connectivity index (χ1n) is 6.17. The molecule has 0 aliphatic carbocycles. The quantitative estimate of drug-likeness (QED) is 0.884. The van der Waals surface area contributed by atoms with Gasteiger partial charge >= 0.3 is 5.97 Å². The smallest absolute Gasteiger partial charge is 0.303 e. The lowest BCUT2D eigenvalue weighted by Gasteiger charge is -2.19. The van der Waals surface area contributed by atoms with Gasteiger partial charge in [-0.3, -0.25) is 9.20 Å². The summed E-state index contributed by atoms with van der Waals surface area (Å²) in [6, 6.07) is 0. The highest BCUT2D eigenvalue weighted by molar-refractivity contribution is 7.15. The van der Waals surface area contributed by atoms with E-state index in [0.717, 1.165) is 22.8 Å². The van der Waals surface area contributed by atoms with Gasteiger partial charge in [-0.2, -0.15) is 0 Å². The molecular formula is C13H18N2O3S. The van der Waals surface area contributed by atoms with Gasteiger partial charge in [0.1, 0.15) is 5.60 Å². The molecule has 5 nitrogen and oxygen atoms in total. The molecule has 0 saturated heterocycles. The van der Waals surface area contributed by atoms with E-state index in [1.165, 1.54) is 0 Å². The Hall–Kier alpha value is -1.40. The number of hydrogen-bond donors (Lipinski definition) is 1. The Kier molecular flexibility index (Phi) is 3.91. The second-order valence-corrected chi connectivity index (χ2v) is 5.80. The molecule has 0 spiro atoms. The maximum atomic E-state index is 10.5. The maximum Gasteiger partial charge on any atom is 0.303 e. The van der Waals surface area contributed by atoms with E-state index in [4.69, 9.17) is 9.84 Å². The molecule has 0 aliphatic heterocycles. The largest absolute Gasteiger partial charge is 0.481 e. The van der Waals surface area contributed by atoms with E-state index in [9.17, 15) is 4.79 Å². The van der Waals surface area contributed by atoms with Crippen LogP contribution in [-0.2, 0) is 21.6 Å². The molecule has 19 heavy (non-hydrogen) atoms. The number of carboxylic acids is 1. The molecule has 0 fully saturated rings. The van der Waals surface area contributed by atoms with Crippen molar-refractivity contribution in [3.63, 3.8) is 0 Å². The van der Waals surface area contributed by atoms with Crippen LogP contribution in [-0.4, -0.2) is 27.6 Å². The lowest BCUT2D eigenvalue weighted by Crippen LogP contribution is -2.19. The molecule has 0 atom stereocenters. The number of methoxy groups -OCH3 is 1. The number of ether oxygens (including phenoxy) is 1.